The molecule has 0 aromatic heterocycles. The molecule has 0 aliphatic carbocycles. The Labute approximate surface area is 107 Å². The van der Waals surface area contributed by atoms with Gasteiger partial charge in [0.05, 0.1) is 6.04 Å². The molecule has 1 aromatic rings. The summed E-state index contributed by atoms with van der Waals surface area (Å²) in [6, 6.07) is 5.94. The fourth-order valence-corrected chi connectivity index (χ4v) is 1.56. The Balaban J connectivity index is 2.50. The molecule has 0 aliphatic rings. The average molecular weight is 246 g/mol. The van der Waals surface area contributed by atoms with Crippen LogP contribution in [0.15, 0.2) is 24.3 Å². The van der Waals surface area contributed by atoms with Crippen molar-refractivity contribution in [2.24, 2.45) is 5.73 Å². The molecule has 18 heavy (non-hydrogen) atoms. The van der Waals surface area contributed by atoms with Crippen LogP contribution in [0.2, 0.25) is 0 Å². The zero-order valence-corrected chi connectivity index (χ0v) is 10.4. The van der Waals surface area contributed by atoms with Gasteiger partial charge in [-0.05, 0) is 31.0 Å². The number of terminal acetylenes is 1. The smallest absolute Gasteiger partial charge is 0.237 e. The van der Waals surface area contributed by atoms with Crippen molar-refractivity contribution < 1.29 is 9.90 Å². The van der Waals surface area contributed by atoms with Crippen molar-refractivity contribution in [3.63, 3.8) is 0 Å². The highest BCUT2D eigenvalue weighted by Gasteiger charge is 2.15. The van der Waals surface area contributed by atoms with Crippen LogP contribution in [0.1, 0.15) is 18.9 Å². The quantitative estimate of drug-likeness (QED) is 0.672. The fraction of sp³-hybridized carbons (Fsp3) is 0.357. The first-order valence-electron chi connectivity index (χ1n) is 5.80. The van der Waals surface area contributed by atoms with Gasteiger partial charge < -0.3 is 16.2 Å². The van der Waals surface area contributed by atoms with Crippen LogP contribution < -0.4 is 11.1 Å². The summed E-state index contributed by atoms with van der Waals surface area (Å²) < 4.78 is 0. The Morgan fingerprint density at radius 1 is 1.50 bits per heavy atom. The number of nitrogens with two attached hydrogens (primary N) is 1. The summed E-state index contributed by atoms with van der Waals surface area (Å²) in [6.45, 7) is 1.84. The van der Waals surface area contributed by atoms with E-state index in [-0.39, 0.29) is 17.7 Å². The second kappa shape index (κ2) is 6.67. The lowest BCUT2D eigenvalue weighted by Gasteiger charge is -2.16. The molecule has 4 nitrogen and oxygen atoms in total. The molecule has 4 N–H and O–H groups in total. The number of rotatable bonds is 5. The molecule has 0 bridgehead atoms. The highest BCUT2D eigenvalue weighted by molar-refractivity contribution is 5.82. The second-order valence-corrected chi connectivity index (χ2v) is 4.29. The lowest BCUT2D eigenvalue weighted by atomic mass is 10.1. The molecule has 0 saturated heterocycles. The predicted molar refractivity (Wildman–Crippen MR) is 70.8 cm³/mol. The van der Waals surface area contributed by atoms with Gasteiger partial charge in [-0.3, -0.25) is 4.79 Å². The highest BCUT2D eigenvalue weighted by atomic mass is 16.3. The molecule has 0 spiro atoms. The van der Waals surface area contributed by atoms with Crippen molar-refractivity contribution in [2.75, 3.05) is 0 Å². The fourth-order valence-electron chi connectivity index (χ4n) is 1.56. The number of amides is 1. The summed E-state index contributed by atoms with van der Waals surface area (Å²) >= 11 is 0. The molecule has 1 amide bonds. The van der Waals surface area contributed by atoms with Gasteiger partial charge in [-0.2, -0.15) is 0 Å². The monoisotopic (exact) mass is 246 g/mol. The first kappa shape index (κ1) is 14.1. The molecule has 1 unspecified atom stereocenters. The van der Waals surface area contributed by atoms with E-state index in [2.05, 4.69) is 11.2 Å². The SMILES string of the molecule is C#CCC(C)NC(=O)[C@@H](N)Cc1ccc(O)cc1. The molecule has 0 saturated carbocycles. The van der Waals surface area contributed by atoms with E-state index in [1.807, 2.05) is 6.92 Å². The number of nitrogens with one attached hydrogen (secondary N) is 1. The van der Waals surface area contributed by atoms with Crippen LogP contribution in [0.25, 0.3) is 0 Å². The predicted octanol–water partition coefficient (Wildman–Crippen LogP) is 0.790. The normalized spacial score (nSPS) is 13.4. The molecule has 0 fully saturated rings. The maximum atomic E-state index is 11.7. The number of carbonyl (C=O) groups excluding carboxylic acids is 1. The van der Waals surface area contributed by atoms with Crippen LogP contribution in [0.5, 0.6) is 5.75 Å². The molecule has 0 aliphatic heterocycles. The zero-order chi connectivity index (χ0) is 13.5. The molecular formula is C14H18N2O2. The Morgan fingerprint density at radius 2 is 2.11 bits per heavy atom. The van der Waals surface area contributed by atoms with E-state index in [9.17, 15) is 4.79 Å². The van der Waals surface area contributed by atoms with Gasteiger partial charge in [-0.1, -0.05) is 12.1 Å². The van der Waals surface area contributed by atoms with Crippen molar-refractivity contribution in [1.82, 2.24) is 5.32 Å². The standard InChI is InChI=1S/C14H18N2O2/c1-3-4-10(2)16-14(18)13(15)9-11-5-7-12(17)8-6-11/h1,5-8,10,13,17H,4,9,15H2,2H3,(H,16,18)/t10?,13-/m0/s1. The third kappa shape index (κ3) is 4.48. The van der Waals surface area contributed by atoms with Crippen molar-refractivity contribution in [3.8, 4) is 18.1 Å². The van der Waals surface area contributed by atoms with Crippen LogP contribution in [-0.4, -0.2) is 23.1 Å². The van der Waals surface area contributed by atoms with E-state index in [0.29, 0.717) is 12.8 Å². The number of hydrogen-bond acceptors (Lipinski definition) is 3. The number of aromatic hydroxyl groups is 1. The topological polar surface area (TPSA) is 75.4 Å². The first-order valence-corrected chi connectivity index (χ1v) is 5.80. The lowest BCUT2D eigenvalue weighted by molar-refractivity contribution is -0.122. The Morgan fingerprint density at radius 3 is 2.67 bits per heavy atom. The van der Waals surface area contributed by atoms with Gasteiger partial charge in [-0.15, -0.1) is 12.3 Å². The third-order valence-corrected chi connectivity index (χ3v) is 2.54. The number of benzene rings is 1. The van der Waals surface area contributed by atoms with E-state index in [4.69, 9.17) is 17.3 Å². The minimum Gasteiger partial charge on any atom is -0.508 e. The molecular weight excluding hydrogens is 228 g/mol. The Bertz CT molecular complexity index is 434. The van der Waals surface area contributed by atoms with Crippen molar-refractivity contribution >= 4 is 5.91 Å². The van der Waals surface area contributed by atoms with Gasteiger partial charge in [0.2, 0.25) is 5.91 Å². The summed E-state index contributed by atoms with van der Waals surface area (Å²) in [7, 11) is 0. The van der Waals surface area contributed by atoms with Crippen molar-refractivity contribution in [1.29, 1.82) is 0 Å². The zero-order valence-electron chi connectivity index (χ0n) is 10.4. The van der Waals surface area contributed by atoms with Gasteiger partial charge in [0.15, 0.2) is 0 Å². The molecule has 0 radical (unpaired) electrons. The van der Waals surface area contributed by atoms with Gasteiger partial charge >= 0.3 is 0 Å². The summed E-state index contributed by atoms with van der Waals surface area (Å²) in [4.78, 5) is 11.7. The van der Waals surface area contributed by atoms with Crippen molar-refractivity contribution in [2.45, 2.75) is 31.8 Å². The molecule has 4 heteroatoms. The first-order chi connectivity index (χ1) is 8.52. The van der Waals surface area contributed by atoms with E-state index in [1.54, 1.807) is 24.3 Å². The lowest BCUT2D eigenvalue weighted by Crippen LogP contribution is -2.45. The molecule has 2 atom stereocenters. The minimum atomic E-state index is -0.616. The van der Waals surface area contributed by atoms with Gasteiger partial charge in [0.1, 0.15) is 5.75 Å². The van der Waals surface area contributed by atoms with Crippen LogP contribution in [0.3, 0.4) is 0 Å². The number of phenols is 1. The summed E-state index contributed by atoms with van der Waals surface area (Å²) in [6.07, 6.45) is 6.07. The Hall–Kier alpha value is -1.99. The Kier molecular flexibility index (Phi) is 5.22. The summed E-state index contributed by atoms with van der Waals surface area (Å²) in [5.74, 6) is 2.46. The van der Waals surface area contributed by atoms with Gasteiger partial charge in [0.25, 0.3) is 0 Å². The second-order valence-electron chi connectivity index (χ2n) is 4.29. The maximum absolute atomic E-state index is 11.7. The van der Waals surface area contributed by atoms with Crippen LogP contribution in [0, 0.1) is 12.3 Å². The summed E-state index contributed by atoms with van der Waals surface area (Å²) in [5.41, 5.74) is 6.71. The average Bonchev–Trinajstić information content (AvgIpc) is 2.32. The summed E-state index contributed by atoms with van der Waals surface area (Å²) in [5, 5.41) is 11.9. The van der Waals surface area contributed by atoms with Gasteiger partial charge in [-0.25, -0.2) is 0 Å². The third-order valence-electron chi connectivity index (χ3n) is 2.54. The van der Waals surface area contributed by atoms with Crippen LogP contribution >= 0.6 is 0 Å². The highest BCUT2D eigenvalue weighted by Crippen LogP contribution is 2.10. The van der Waals surface area contributed by atoms with E-state index in [1.165, 1.54) is 0 Å². The van der Waals surface area contributed by atoms with Gasteiger partial charge in [0, 0.05) is 12.5 Å². The number of carbonyl (C=O) groups is 1. The number of hydrogen-bond donors (Lipinski definition) is 3. The van der Waals surface area contributed by atoms with E-state index >= 15 is 0 Å². The largest absolute Gasteiger partial charge is 0.508 e. The van der Waals surface area contributed by atoms with Crippen LogP contribution in [-0.2, 0) is 11.2 Å². The molecule has 1 aromatic carbocycles. The minimum absolute atomic E-state index is 0.0756. The molecule has 1 rings (SSSR count). The molecule has 0 heterocycles. The van der Waals surface area contributed by atoms with E-state index < -0.39 is 6.04 Å². The maximum Gasteiger partial charge on any atom is 0.237 e. The molecule has 96 valence electrons. The van der Waals surface area contributed by atoms with Crippen molar-refractivity contribution in [3.05, 3.63) is 29.8 Å². The number of phenolic OH excluding ortho intramolecular Hbond substituents is 1. The van der Waals surface area contributed by atoms with E-state index in [0.717, 1.165) is 5.56 Å². The van der Waals surface area contributed by atoms with Crippen LogP contribution in [0.4, 0.5) is 0 Å².